The van der Waals surface area contributed by atoms with E-state index in [0.717, 1.165) is 37.5 Å². The van der Waals surface area contributed by atoms with Crippen LogP contribution in [0.25, 0.3) is 0 Å². The third-order valence-electron chi connectivity index (χ3n) is 3.24. The number of morpholine rings is 1. The number of hydrogen-bond donors (Lipinski definition) is 2. The molecule has 0 bridgehead atoms. The van der Waals surface area contributed by atoms with E-state index >= 15 is 0 Å². The van der Waals surface area contributed by atoms with Crippen molar-refractivity contribution in [2.24, 2.45) is 5.92 Å². The molecule has 0 radical (unpaired) electrons. The number of nitrogens with one attached hydrogen (secondary N) is 1. The number of H-pyrrole nitrogens is 1. The maximum Gasteiger partial charge on any atom is 0.0645 e. The van der Waals surface area contributed by atoms with Gasteiger partial charge in [0.25, 0.3) is 0 Å². The quantitative estimate of drug-likeness (QED) is 0.815. The smallest absolute Gasteiger partial charge is 0.0645 e. The summed E-state index contributed by atoms with van der Waals surface area (Å²) in [6.45, 7) is 7.56. The molecule has 0 aromatic carbocycles. The average molecular weight is 253 g/mol. The van der Waals surface area contributed by atoms with Gasteiger partial charge in [0.05, 0.1) is 31.6 Å². The maximum absolute atomic E-state index is 9.32. The Kier molecular flexibility index (Phi) is 4.74. The van der Waals surface area contributed by atoms with Crippen LogP contribution in [0.5, 0.6) is 0 Å². The summed E-state index contributed by atoms with van der Waals surface area (Å²) < 4.78 is 5.37. The van der Waals surface area contributed by atoms with E-state index in [2.05, 4.69) is 35.0 Å². The normalized spacial score (nSPS) is 21.7. The van der Waals surface area contributed by atoms with Crippen LogP contribution in [-0.4, -0.2) is 52.6 Å². The lowest BCUT2D eigenvalue weighted by atomic mass is 10.1. The van der Waals surface area contributed by atoms with E-state index in [9.17, 15) is 5.11 Å². The van der Waals surface area contributed by atoms with Crippen molar-refractivity contribution in [2.75, 3.05) is 26.4 Å². The molecule has 0 spiro atoms. The minimum absolute atomic E-state index is 0.107. The highest BCUT2D eigenvalue weighted by Gasteiger charge is 2.22. The van der Waals surface area contributed by atoms with Gasteiger partial charge in [0, 0.05) is 18.8 Å². The van der Waals surface area contributed by atoms with E-state index < -0.39 is 0 Å². The van der Waals surface area contributed by atoms with Crippen LogP contribution in [0.4, 0.5) is 0 Å². The zero-order chi connectivity index (χ0) is 13.0. The van der Waals surface area contributed by atoms with Crippen molar-refractivity contribution in [2.45, 2.75) is 32.9 Å². The fraction of sp³-hybridized carbons (Fsp3) is 0.769. The molecule has 18 heavy (non-hydrogen) atoms. The number of aliphatic hydroxyl groups is 1. The van der Waals surface area contributed by atoms with E-state index in [0.29, 0.717) is 12.5 Å². The molecule has 5 heteroatoms. The molecule has 2 heterocycles. The summed E-state index contributed by atoms with van der Waals surface area (Å²) in [5.41, 5.74) is 2.24. The summed E-state index contributed by atoms with van der Waals surface area (Å²) in [5, 5.41) is 16.7. The van der Waals surface area contributed by atoms with Gasteiger partial charge in [-0.05, 0) is 18.4 Å². The number of aromatic nitrogens is 2. The monoisotopic (exact) mass is 253 g/mol. The van der Waals surface area contributed by atoms with Gasteiger partial charge in [0.1, 0.15) is 0 Å². The van der Waals surface area contributed by atoms with Crippen LogP contribution in [0.2, 0.25) is 0 Å². The molecular formula is C13H23N3O2. The number of ether oxygens (including phenoxy) is 1. The molecule has 2 N–H and O–H groups in total. The second kappa shape index (κ2) is 6.31. The zero-order valence-corrected chi connectivity index (χ0v) is 11.2. The number of nitrogens with zero attached hydrogens (tertiary/aromatic N) is 2. The Morgan fingerprint density at radius 3 is 3.17 bits per heavy atom. The van der Waals surface area contributed by atoms with Crippen LogP contribution in [0.1, 0.15) is 25.2 Å². The van der Waals surface area contributed by atoms with Crippen LogP contribution < -0.4 is 0 Å². The van der Waals surface area contributed by atoms with Crippen LogP contribution >= 0.6 is 0 Å². The summed E-state index contributed by atoms with van der Waals surface area (Å²) in [6.07, 6.45) is 1.00. The first-order chi connectivity index (χ1) is 8.69. The van der Waals surface area contributed by atoms with Crippen LogP contribution in [-0.2, 0) is 17.7 Å². The molecule has 2 rings (SSSR count). The maximum atomic E-state index is 9.32. The highest BCUT2D eigenvalue weighted by atomic mass is 16.5. The summed E-state index contributed by atoms with van der Waals surface area (Å²) in [7, 11) is 0. The molecule has 102 valence electrons. The third kappa shape index (κ3) is 3.54. The minimum Gasteiger partial charge on any atom is -0.395 e. The van der Waals surface area contributed by atoms with Crippen LogP contribution in [0.15, 0.2) is 6.07 Å². The molecule has 0 aliphatic carbocycles. The highest BCUT2D eigenvalue weighted by Crippen LogP contribution is 2.13. The van der Waals surface area contributed by atoms with Gasteiger partial charge in [0.15, 0.2) is 0 Å². The van der Waals surface area contributed by atoms with Gasteiger partial charge in [0.2, 0.25) is 0 Å². The molecule has 0 amide bonds. The molecule has 1 aliphatic heterocycles. The van der Waals surface area contributed by atoms with Gasteiger partial charge >= 0.3 is 0 Å². The summed E-state index contributed by atoms with van der Waals surface area (Å²) >= 11 is 0. The first-order valence-electron chi connectivity index (χ1n) is 6.65. The SMILES string of the molecule is CC(C)Cc1cc(CN2CCOCC2CO)[nH]n1. The van der Waals surface area contributed by atoms with E-state index in [1.54, 1.807) is 0 Å². The number of aliphatic hydroxyl groups excluding tert-OH is 1. The first kappa shape index (κ1) is 13.5. The van der Waals surface area contributed by atoms with E-state index in [1.165, 1.54) is 0 Å². The van der Waals surface area contributed by atoms with Crippen molar-refractivity contribution in [3.8, 4) is 0 Å². The van der Waals surface area contributed by atoms with Gasteiger partial charge in [-0.25, -0.2) is 0 Å². The lowest BCUT2D eigenvalue weighted by Crippen LogP contribution is -2.46. The van der Waals surface area contributed by atoms with Gasteiger partial charge in [-0.15, -0.1) is 0 Å². The highest BCUT2D eigenvalue weighted by molar-refractivity contribution is 5.09. The topological polar surface area (TPSA) is 61.4 Å². The molecule has 5 nitrogen and oxygen atoms in total. The lowest BCUT2D eigenvalue weighted by molar-refractivity contribution is -0.0317. The Morgan fingerprint density at radius 2 is 2.44 bits per heavy atom. The predicted octanol–water partition coefficient (Wildman–Crippen LogP) is 0.801. The van der Waals surface area contributed by atoms with Crippen molar-refractivity contribution in [3.63, 3.8) is 0 Å². The predicted molar refractivity (Wildman–Crippen MR) is 69.2 cm³/mol. The summed E-state index contributed by atoms with van der Waals surface area (Å²) in [5.74, 6) is 0.620. The molecule has 0 saturated carbocycles. The van der Waals surface area contributed by atoms with Gasteiger partial charge in [-0.1, -0.05) is 13.8 Å². The van der Waals surface area contributed by atoms with Crippen molar-refractivity contribution >= 4 is 0 Å². The molecule has 1 unspecified atom stereocenters. The number of rotatable bonds is 5. The van der Waals surface area contributed by atoms with Crippen LogP contribution in [0, 0.1) is 5.92 Å². The Hall–Kier alpha value is -0.910. The van der Waals surface area contributed by atoms with Crippen molar-refractivity contribution < 1.29 is 9.84 Å². The molecule has 1 aliphatic rings. The van der Waals surface area contributed by atoms with Crippen molar-refractivity contribution in [1.82, 2.24) is 15.1 Å². The zero-order valence-electron chi connectivity index (χ0n) is 11.2. The Balaban J connectivity index is 1.93. The fourth-order valence-corrected chi connectivity index (χ4v) is 2.30. The second-order valence-corrected chi connectivity index (χ2v) is 5.36. The van der Waals surface area contributed by atoms with E-state index in [-0.39, 0.29) is 12.6 Å². The summed E-state index contributed by atoms with van der Waals surface area (Å²) in [6, 6.07) is 2.24. The molecule has 1 aromatic rings. The molecule has 1 atom stereocenters. The van der Waals surface area contributed by atoms with Gasteiger partial charge < -0.3 is 9.84 Å². The Labute approximate surface area is 108 Å². The Morgan fingerprint density at radius 1 is 1.61 bits per heavy atom. The minimum atomic E-state index is 0.107. The van der Waals surface area contributed by atoms with E-state index in [4.69, 9.17) is 4.74 Å². The van der Waals surface area contributed by atoms with Crippen molar-refractivity contribution in [3.05, 3.63) is 17.5 Å². The first-order valence-corrected chi connectivity index (χ1v) is 6.65. The fourth-order valence-electron chi connectivity index (χ4n) is 2.30. The molecule has 1 aromatic heterocycles. The van der Waals surface area contributed by atoms with E-state index in [1.807, 2.05) is 0 Å². The molecular weight excluding hydrogens is 230 g/mol. The number of hydrogen-bond acceptors (Lipinski definition) is 4. The third-order valence-corrected chi connectivity index (χ3v) is 3.24. The average Bonchev–Trinajstić information content (AvgIpc) is 2.76. The largest absolute Gasteiger partial charge is 0.395 e. The van der Waals surface area contributed by atoms with Gasteiger partial charge in [-0.3, -0.25) is 10.00 Å². The number of aromatic amines is 1. The lowest BCUT2D eigenvalue weighted by Gasteiger charge is -2.33. The van der Waals surface area contributed by atoms with Gasteiger partial charge in [-0.2, -0.15) is 5.10 Å². The summed E-state index contributed by atoms with van der Waals surface area (Å²) in [4.78, 5) is 2.25. The second-order valence-electron chi connectivity index (χ2n) is 5.36. The standard InChI is InChI=1S/C13H23N3O2/c1-10(2)5-11-6-12(15-14-11)7-16-3-4-18-9-13(16)8-17/h6,10,13,17H,3-5,7-9H2,1-2H3,(H,14,15). The van der Waals surface area contributed by atoms with Crippen LogP contribution in [0.3, 0.4) is 0 Å². The molecule has 1 saturated heterocycles. The van der Waals surface area contributed by atoms with Crippen molar-refractivity contribution in [1.29, 1.82) is 0 Å². The Bertz CT molecular complexity index is 365. The molecule has 1 fully saturated rings.